The van der Waals surface area contributed by atoms with Gasteiger partial charge in [-0.2, -0.15) is 0 Å². The highest BCUT2D eigenvalue weighted by Gasteiger charge is 2.00. The van der Waals surface area contributed by atoms with Crippen LogP contribution in [0.2, 0.25) is 0 Å². The quantitative estimate of drug-likeness (QED) is 0.755. The van der Waals surface area contributed by atoms with Gasteiger partial charge in [0, 0.05) is 12.2 Å². The van der Waals surface area contributed by atoms with Crippen molar-refractivity contribution in [3.8, 4) is 0 Å². The van der Waals surface area contributed by atoms with E-state index in [4.69, 9.17) is 0 Å². The Bertz CT molecular complexity index is 273. The van der Waals surface area contributed by atoms with Crippen molar-refractivity contribution in [2.75, 3.05) is 11.9 Å². The Balaban J connectivity index is 2.37. The standard InChI is InChI=1S/C12H18FN/c1-3-5-10(2)9-14-12-7-4-6-11(13)8-12/h4,6-8,10,14H,3,5,9H2,1-2H3. The molecule has 0 saturated carbocycles. The van der Waals surface area contributed by atoms with Crippen molar-refractivity contribution in [2.45, 2.75) is 26.7 Å². The van der Waals surface area contributed by atoms with E-state index in [2.05, 4.69) is 19.2 Å². The van der Waals surface area contributed by atoms with E-state index in [9.17, 15) is 4.39 Å². The molecule has 0 bridgehead atoms. The van der Waals surface area contributed by atoms with Crippen molar-refractivity contribution in [2.24, 2.45) is 5.92 Å². The lowest BCUT2D eigenvalue weighted by molar-refractivity contribution is 0.550. The summed E-state index contributed by atoms with van der Waals surface area (Å²) in [7, 11) is 0. The van der Waals surface area contributed by atoms with E-state index in [-0.39, 0.29) is 5.82 Å². The van der Waals surface area contributed by atoms with E-state index in [1.807, 2.05) is 6.07 Å². The van der Waals surface area contributed by atoms with Gasteiger partial charge in [0.15, 0.2) is 0 Å². The summed E-state index contributed by atoms with van der Waals surface area (Å²) in [6, 6.07) is 6.60. The molecule has 1 rings (SSSR count). The molecule has 0 aliphatic heterocycles. The van der Waals surface area contributed by atoms with Crippen molar-refractivity contribution in [1.82, 2.24) is 0 Å². The summed E-state index contributed by atoms with van der Waals surface area (Å²) >= 11 is 0. The highest BCUT2D eigenvalue weighted by Crippen LogP contribution is 2.11. The van der Waals surface area contributed by atoms with E-state index in [0.29, 0.717) is 5.92 Å². The molecule has 0 amide bonds. The Labute approximate surface area is 85.3 Å². The van der Waals surface area contributed by atoms with Crippen LogP contribution in [0.25, 0.3) is 0 Å². The van der Waals surface area contributed by atoms with Gasteiger partial charge in [0.25, 0.3) is 0 Å². The predicted molar refractivity (Wildman–Crippen MR) is 59.0 cm³/mol. The van der Waals surface area contributed by atoms with Crippen LogP contribution in [0.4, 0.5) is 10.1 Å². The lowest BCUT2D eigenvalue weighted by Crippen LogP contribution is -2.10. The van der Waals surface area contributed by atoms with E-state index in [0.717, 1.165) is 12.2 Å². The second-order valence-electron chi connectivity index (χ2n) is 3.79. The van der Waals surface area contributed by atoms with Gasteiger partial charge in [-0.1, -0.05) is 26.3 Å². The Morgan fingerprint density at radius 1 is 1.43 bits per heavy atom. The first-order valence-electron chi connectivity index (χ1n) is 5.21. The van der Waals surface area contributed by atoms with Crippen LogP contribution in [-0.4, -0.2) is 6.54 Å². The van der Waals surface area contributed by atoms with Gasteiger partial charge in [-0.15, -0.1) is 0 Å². The third-order valence-corrected chi connectivity index (χ3v) is 2.26. The number of rotatable bonds is 5. The second-order valence-corrected chi connectivity index (χ2v) is 3.79. The molecule has 1 N–H and O–H groups in total. The zero-order chi connectivity index (χ0) is 10.4. The minimum Gasteiger partial charge on any atom is -0.385 e. The molecule has 1 aromatic carbocycles. The number of benzene rings is 1. The van der Waals surface area contributed by atoms with Gasteiger partial charge in [-0.05, 0) is 30.5 Å². The summed E-state index contributed by atoms with van der Waals surface area (Å²) in [6.45, 7) is 5.30. The lowest BCUT2D eigenvalue weighted by Gasteiger charge is -2.12. The number of nitrogens with one attached hydrogen (secondary N) is 1. The normalized spacial score (nSPS) is 12.5. The molecule has 1 atom stereocenters. The van der Waals surface area contributed by atoms with Gasteiger partial charge in [0.1, 0.15) is 5.82 Å². The van der Waals surface area contributed by atoms with Gasteiger partial charge in [0.05, 0.1) is 0 Å². The molecule has 1 unspecified atom stereocenters. The van der Waals surface area contributed by atoms with Crippen LogP contribution in [0.3, 0.4) is 0 Å². The number of anilines is 1. The summed E-state index contributed by atoms with van der Waals surface area (Å²) in [4.78, 5) is 0. The summed E-state index contributed by atoms with van der Waals surface area (Å²) in [6.07, 6.45) is 2.41. The summed E-state index contributed by atoms with van der Waals surface area (Å²) in [5, 5.41) is 3.23. The summed E-state index contributed by atoms with van der Waals surface area (Å²) in [5.41, 5.74) is 0.868. The third-order valence-electron chi connectivity index (χ3n) is 2.26. The molecule has 1 aromatic rings. The van der Waals surface area contributed by atoms with Crippen molar-refractivity contribution < 1.29 is 4.39 Å². The lowest BCUT2D eigenvalue weighted by atomic mass is 10.1. The maximum atomic E-state index is 12.8. The predicted octanol–water partition coefficient (Wildman–Crippen LogP) is 3.67. The molecule has 0 aliphatic rings. The fraction of sp³-hybridized carbons (Fsp3) is 0.500. The summed E-state index contributed by atoms with van der Waals surface area (Å²) in [5.74, 6) is 0.460. The molecular formula is C12H18FN. The fourth-order valence-electron chi connectivity index (χ4n) is 1.49. The molecule has 78 valence electrons. The third kappa shape index (κ3) is 3.77. The Morgan fingerprint density at radius 3 is 2.86 bits per heavy atom. The van der Waals surface area contributed by atoms with Gasteiger partial charge in [0.2, 0.25) is 0 Å². The first-order chi connectivity index (χ1) is 6.72. The molecule has 0 aliphatic carbocycles. The largest absolute Gasteiger partial charge is 0.385 e. The van der Waals surface area contributed by atoms with Gasteiger partial charge in [-0.3, -0.25) is 0 Å². The van der Waals surface area contributed by atoms with Crippen LogP contribution < -0.4 is 5.32 Å². The number of hydrogen-bond acceptors (Lipinski definition) is 1. The van der Waals surface area contributed by atoms with Crippen LogP contribution in [0, 0.1) is 11.7 Å². The molecule has 1 nitrogen and oxygen atoms in total. The number of hydrogen-bond donors (Lipinski definition) is 1. The van der Waals surface area contributed by atoms with Crippen molar-refractivity contribution in [3.63, 3.8) is 0 Å². The maximum Gasteiger partial charge on any atom is 0.125 e. The van der Waals surface area contributed by atoms with Crippen LogP contribution >= 0.6 is 0 Å². The van der Waals surface area contributed by atoms with Gasteiger partial charge in [-0.25, -0.2) is 4.39 Å². The highest BCUT2D eigenvalue weighted by molar-refractivity contribution is 5.42. The smallest absolute Gasteiger partial charge is 0.125 e. The second kappa shape index (κ2) is 5.63. The molecule has 0 spiro atoms. The van der Waals surface area contributed by atoms with Gasteiger partial charge < -0.3 is 5.32 Å². The molecule has 0 radical (unpaired) electrons. The van der Waals surface area contributed by atoms with Crippen LogP contribution in [-0.2, 0) is 0 Å². The van der Waals surface area contributed by atoms with E-state index >= 15 is 0 Å². The molecule has 2 heteroatoms. The first kappa shape index (κ1) is 11.0. The van der Waals surface area contributed by atoms with E-state index in [1.54, 1.807) is 6.07 Å². The zero-order valence-corrected chi connectivity index (χ0v) is 8.89. The molecule has 14 heavy (non-hydrogen) atoms. The Morgan fingerprint density at radius 2 is 2.21 bits per heavy atom. The molecular weight excluding hydrogens is 177 g/mol. The minimum atomic E-state index is -0.182. The maximum absolute atomic E-state index is 12.8. The van der Waals surface area contributed by atoms with Crippen LogP contribution in [0.1, 0.15) is 26.7 Å². The molecule has 0 aromatic heterocycles. The fourth-order valence-corrected chi connectivity index (χ4v) is 1.49. The van der Waals surface area contributed by atoms with E-state index < -0.39 is 0 Å². The average Bonchev–Trinajstić information content (AvgIpc) is 2.15. The monoisotopic (exact) mass is 195 g/mol. The first-order valence-corrected chi connectivity index (χ1v) is 5.21. The van der Waals surface area contributed by atoms with Crippen LogP contribution in [0.5, 0.6) is 0 Å². The van der Waals surface area contributed by atoms with Crippen LogP contribution in [0.15, 0.2) is 24.3 Å². The van der Waals surface area contributed by atoms with E-state index in [1.165, 1.54) is 25.0 Å². The van der Waals surface area contributed by atoms with Crippen molar-refractivity contribution in [1.29, 1.82) is 0 Å². The highest BCUT2D eigenvalue weighted by atomic mass is 19.1. The minimum absolute atomic E-state index is 0.182. The molecule has 0 fully saturated rings. The SMILES string of the molecule is CCCC(C)CNc1cccc(F)c1. The number of halogens is 1. The van der Waals surface area contributed by atoms with Crippen molar-refractivity contribution in [3.05, 3.63) is 30.1 Å². The Kier molecular flexibility index (Phi) is 4.44. The summed E-state index contributed by atoms with van der Waals surface area (Å²) < 4.78 is 12.8. The zero-order valence-electron chi connectivity index (χ0n) is 8.89. The molecule has 0 saturated heterocycles. The molecule has 0 heterocycles. The Hall–Kier alpha value is -1.05. The average molecular weight is 195 g/mol. The van der Waals surface area contributed by atoms with Crippen molar-refractivity contribution >= 4 is 5.69 Å². The topological polar surface area (TPSA) is 12.0 Å². The van der Waals surface area contributed by atoms with Gasteiger partial charge >= 0.3 is 0 Å².